The number of carbonyl (C=O) groups is 1. The summed E-state index contributed by atoms with van der Waals surface area (Å²) in [4.78, 5) is 26.3. The maximum Gasteiger partial charge on any atom is 0.433 e. The summed E-state index contributed by atoms with van der Waals surface area (Å²) in [7, 11) is 0. The molecule has 0 aromatic carbocycles. The number of amides is 1. The van der Waals surface area contributed by atoms with Crippen molar-refractivity contribution in [1.82, 2.24) is 15.1 Å². The number of rotatable bonds is 3. The van der Waals surface area contributed by atoms with E-state index in [0.29, 0.717) is 19.1 Å². The molecular formula is C13H19ClN4O4. The molecule has 1 N–H and O–H groups in total. The van der Waals surface area contributed by atoms with Crippen LogP contribution in [-0.4, -0.2) is 65.9 Å². The van der Waals surface area contributed by atoms with Gasteiger partial charge in [-0.2, -0.15) is 0 Å². The lowest BCUT2D eigenvalue weighted by Crippen LogP contribution is -2.52. The smallest absolute Gasteiger partial charge is 0.395 e. The van der Waals surface area contributed by atoms with Crippen LogP contribution in [0.4, 0.5) is 5.88 Å². The zero-order valence-electron chi connectivity index (χ0n) is 12.1. The van der Waals surface area contributed by atoms with Crippen molar-refractivity contribution in [2.24, 2.45) is 0 Å². The summed E-state index contributed by atoms with van der Waals surface area (Å²) >= 11 is 0. The molecule has 1 unspecified atom stereocenters. The Bertz CT molecular complexity index is 536. The van der Waals surface area contributed by atoms with Gasteiger partial charge < -0.3 is 14.6 Å². The molecule has 1 aromatic heterocycles. The molecule has 0 aliphatic carbocycles. The minimum absolute atomic E-state index is 0. The van der Waals surface area contributed by atoms with Crippen LogP contribution < -0.4 is 5.32 Å². The van der Waals surface area contributed by atoms with Crippen molar-refractivity contribution >= 4 is 24.2 Å². The van der Waals surface area contributed by atoms with E-state index in [1.54, 1.807) is 4.90 Å². The third-order valence-corrected chi connectivity index (χ3v) is 4.13. The molecule has 2 aliphatic heterocycles. The van der Waals surface area contributed by atoms with Crippen molar-refractivity contribution in [2.75, 3.05) is 39.3 Å². The van der Waals surface area contributed by atoms with Crippen LogP contribution >= 0.6 is 12.4 Å². The number of hydrogen-bond donors (Lipinski definition) is 1. The highest BCUT2D eigenvalue weighted by molar-refractivity contribution is 5.91. The van der Waals surface area contributed by atoms with E-state index < -0.39 is 10.8 Å². The number of halogens is 1. The second kappa shape index (κ2) is 7.08. The summed E-state index contributed by atoms with van der Waals surface area (Å²) in [6, 6.07) is 3.15. The van der Waals surface area contributed by atoms with Gasteiger partial charge in [-0.1, -0.05) is 0 Å². The van der Waals surface area contributed by atoms with E-state index in [2.05, 4.69) is 10.2 Å². The fourth-order valence-corrected chi connectivity index (χ4v) is 2.94. The zero-order valence-corrected chi connectivity index (χ0v) is 12.9. The van der Waals surface area contributed by atoms with Crippen LogP contribution in [0, 0.1) is 10.1 Å². The Morgan fingerprint density at radius 1 is 1.32 bits per heavy atom. The Morgan fingerprint density at radius 3 is 2.59 bits per heavy atom. The van der Waals surface area contributed by atoms with Crippen molar-refractivity contribution in [1.29, 1.82) is 0 Å². The topological polar surface area (TPSA) is 91.9 Å². The molecule has 3 heterocycles. The van der Waals surface area contributed by atoms with Gasteiger partial charge in [-0.3, -0.25) is 19.8 Å². The first-order valence-corrected chi connectivity index (χ1v) is 7.13. The second-order valence-corrected chi connectivity index (χ2v) is 5.37. The van der Waals surface area contributed by atoms with Crippen LogP contribution in [0.3, 0.4) is 0 Å². The molecule has 22 heavy (non-hydrogen) atoms. The second-order valence-electron chi connectivity index (χ2n) is 5.37. The van der Waals surface area contributed by atoms with E-state index in [0.717, 1.165) is 32.6 Å². The maximum atomic E-state index is 12.2. The van der Waals surface area contributed by atoms with Crippen LogP contribution in [0.5, 0.6) is 0 Å². The minimum atomic E-state index is -0.637. The predicted octanol–water partition coefficient (Wildman–Crippen LogP) is 0.729. The van der Waals surface area contributed by atoms with E-state index in [-0.39, 0.29) is 24.1 Å². The van der Waals surface area contributed by atoms with Crippen LogP contribution in [0.1, 0.15) is 17.0 Å². The van der Waals surface area contributed by atoms with Crippen LogP contribution in [0.15, 0.2) is 16.5 Å². The maximum absolute atomic E-state index is 12.2. The quantitative estimate of drug-likeness (QED) is 0.649. The van der Waals surface area contributed by atoms with Gasteiger partial charge in [0.2, 0.25) is 0 Å². The summed E-state index contributed by atoms with van der Waals surface area (Å²) in [5, 5.41) is 13.9. The van der Waals surface area contributed by atoms with E-state index in [4.69, 9.17) is 4.42 Å². The SMILES string of the molecule is Cl.O=C(c1ccc([N+](=O)[O-])o1)N1CCN(C2CCNC2)CC1. The van der Waals surface area contributed by atoms with Crippen molar-refractivity contribution in [2.45, 2.75) is 12.5 Å². The average Bonchev–Trinajstić information content (AvgIpc) is 3.18. The molecular weight excluding hydrogens is 312 g/mol. The van der Waals surface area contributed by atoms with Crippen LogP contribution in [0.2, 0.25) is 0 Å². The first-order valence-electron chi connectivity index (χ1n) is 7.13. The lowest BCUT2D eigenvalue weighted by atomic mass is 10.2. The first kappa shape index (κ1) is 16.7. The highest BCUT2D eigenvalue weighted by atomic mass is 35.5. The van der Waals surface area contributed by atoms with E-state index in [1.807, 2.05) is 0 Å². The number of nitrogens with zero attached hydrogens (tertiary/aromatic N) is 3. The van der Waals surface area contributed by atoms with Crippen molar-refractivity contribution in [3.05, 3.63) is 28.0 Å². The number of carbonyl (C=O) groups excluding carboxylic acids is 1. The Kier molecular flexibility index (Phi) is 5.38. The molecule has 9 heteroatoms. The van der Waals surface area contributed by atoms with Crippen LogP contribution in [-0.2, 0) is 0 Å². The zero-order chi connectivity index (χ0) is 14.8. The lowest BCUT2D eigenvalue weighted by Gasteiger charge is -2.37. The molecule has 0 bridgehead atoms. The van der Waals surface area contributed by atoms with E-state index >= 15 is 0 Å². The standard InChI is InChI=1S/C13H18N4O4.ClH/c18-13(11-1-2-12(21-11)17(19)20)16-7-5-15(6-8-16)10-3-4-14-9-10;/h1-2,10,14H,3-9H2;1H. The van der Waals surface area contributed by atoms with Crippen molar-refractivity contribution in [3.63, 3.8) is 0 Å². The van der Waals surface area contributed by atoms with Crippen molar-refractivity contribution < 1.29 is 14.1 Å². The van der Waals surface area contributed by atoms with Gasteiger partial charge in [0.15, 0.2) is 5.76 Å². The monoisotopic (exact) mass is 330 g/mol. The number of nitro groups is 1. The Balaban J connectivity index is 0.00000176. The number of piperazine rings is 1. The Hall–Kier alpha value is -1.64. The molecule has 1 atom stereocenters. The normalized spacial score (nSPS) is 22.4. The fraction of sp³-hybridized carbons (Fsp3) is 0.615. The molecule has 2 saturated heterocycles. The summed E-state index contributed by atoms with van der Waals surface area (Å²) in [6.45, 7) is 4.99. The molecule has 2 fully saturated rings. The molecule has 122 valence electrons. The Morgan fingerprint density at radius 2 is 2.05 bits per heavy atom. The summed E-state index contributed by atoms with van der Waals surface area (Å²) in [5.41, 5.74) is 0. The van der Waals surface area contributed by atoms with Crippen molar-refractivity contribution in [3.8, 4) is 0 Å². The van der Waals surface area contributed by atoms with Gasteiger partial charge in [0, 0.05) is 38.8 Å². The molecule has 2 aliphatic rings. The molecule has 8 nitrogen and oxygen atoms in total. The Labute approximate surface area is 134 Å². The van der Waals surface area contributed by atoms with Gasteiger partial charge in [-0.25, -0.2) is 0 Å². The number of furan rings is 1. The van der Waals surface area contributed by atoms with Crippen LogP contribution in [0.25, 0.3) is 0 Å². The molecule has 3 rings (SSSR count). The first-order chi connectivity index (χ1) is 10.1. The predicted molar refractivity (Wildman–Crippen MR) is 81.4 cm³/mol. The molecule has 0 radical (unpaired) electrons. The third kappa shape index (κ3) is 3.40. The lowest BCUT2D eigenvalue weighted by molar-refractivity contribution is -0.402. The number of hydrogen-bond acceptors (Lipinski definition) is 6. The minimum Gasteiger partial charge on any atom is -0.395 e. The van der Waals surface area contributed by atoms with Gasteiger partial charge in [0.05, 0.1) is 6.07 Å². The largest absolute Gasteiger partial charge is 0.433 e. The summed E-state index contributed by atoms with van der Waals surface area (Å²) < 4.78 is 4.97. The highest BCUT2D eigenvalue weighted by Gasteiger charge is 2.29. The fourth-order valence-electron chi connectivity index (χ4n) is 2.94. The average molecular weight is 331 g/mol. The summed E-state index contributed by atoms with van der Waals surface area (Å²) in [6.07, 6.45) is 1.15. The molecule has 0 saturated carbocycles. The van der Waals surface area contributed by atoms with Gasteiger partial charge in [0.1, 0.15) is 4.92 Å². The summed E-state index contributed by atoms with van der Waals surface area (Å²) in [5.74, 6) is -0.626. The molecule has 1 amide bonds. The van der Waals surface area contributed by atoms with Gasteiger partial charge in [-0.05, 0) is 19.0 Å². The van der Waals surface area contributed by atoms with Gasteiger partial charge >= 0.3 is 5.88 Å². The third-order valence-electron chi connectivity index (χ3n) is 4.13. The number of nitrogens with one attached hydrogen (secondary N) is 1. The highest BCUT2D eigenvalue weighted by Crippen LogP contribution is 2.19. The molecule has 0 spiro atoms. The van der Waals surface area contributed by atoms with Gasteiger partial charge in [-0.15, -0.1) is 12.4 Å². The van der Waals surface area contributed by atoms with E-state index in [9.17, 15) is 14.9 Å². The molecule has 1 aromatic rings. The van der Waals surface area contributed by atoms with Gasteiger partial charge in [0.25, 0.3) is 5.91 Å². The van der Waals surface area contributed by atoms with E-state index in [1.165, 1.54) is 12.1 Å².